The van der Waals surface area contributed by atoms with Crippen molar-refractivity contribution < 1.29 is 14.7 Å². The first-order valence-corrected chi connectivity index (χ1v) is 7.47. The molecule has 0 spiro atoms. The molecule has 1 amide bonds. The summed E-state index contributed by atoms with van der Waals surface area (Å²) in [7, 11) is 0. The SMILES string of the molecule is CCSc1ccccc1C(=O)Nc1ccccc1C(=O)O. The van der Waals surface area contributed by atoms with Crippen LogP contribution in [-0.4, -0.2) is 22.7 Å². The second-order valence-corrected chi connectivity index (χ2v) is 5.54. The second-order valence-electron chi connectivity index (χ2n) is 4.23. The molecule has 2 aromatic carbocycles. The van der Waals surface area contributed by atoms with Crippen LogP contribution in [0.1, 0.15) is 27.6 Å². The van der Waals surface area contributed by atoms with Crippen molar-refractivity contribution in [2.75, 3.05) is 11.1 Å². The molecule has 2 N–H and O–H groups in total. The number of aromatic carboxylic acids is 1. The Morgan fingerprint density at radius 3 is 2.33 bits per heavy atom. The number of carboxylic acid groups (broad SMARTS) is 1. The summed E-state index contributed by atoms with van der Waals surface area (Å²) in [5.41, 5.74) is 0.919. The summed E-state index contributed by atoms with van der Waals surface area (Å²) in [6.07, 6.45) is 0. The molecule has 0 atom stereocenters. The highest BCUT2D eigenvalue weighted by atomic mass is 32.2. The molecule has 0 aliphatic carbocycles. The normalized spacial score (nSPS) is 10.1. The van der Waals surface area contributed by atoms with Crippen LogP contribution in [0.2, 0.25) is 0 Å². The van der Waals surface area contributed by atoms with Crippen molar-refractivity contribution in [3.05, 3.63) is 59.7 Å². The molecule has 21 heavy (non-hydrogen) atoms. The number of hydrogen-bond donors (Lipinski definition) is 2. The van der Waals surface area contributed by atoms with Gasteiger partial charge in [0, 0.05) is 4.90 Å². The fourth-order valence-electron chi connectivity index (χ4n) is 1.90. The summed E-state index contributed by atoms with van der Waals surface area (Å²) < 4.78 is 0. The van der Waals surface area contributed by atoms with E-state index in [2.05, 4.69) is 5.32 Å². The van der Waals surface area contributed by atoms with Gasteiger partial charge in [0.15, 0.2) is 0 Å². The molecule has 0 aromatic heterocycles. The highest BCUT2D eigenvalue weighted by molar-refractivity contribution is 7.99. The van der Waals surface area contributed by atoms with E-state index in [4.69, 9.17) is 5.11 Å². The van der Waals surface area contributed by atoms with Crippen LogP contribution in [0.4, 0.5) is 5.69 Å². The number of rotatable bonds is 5. The Balaban J connectivity index is 2.29. The van der Waals surface area contributed by atoms with Crippen LogP contribution in [0.3, 0.4) is 0 Å². The van der Waals surface area contributed by atoms with Gasteiger partial charge in [0.25, 0.3) is 5.91 Å². The largest absolute Gasteiger partial charge is 0.478 e. The van der Waals surface area contributed by atoms with Gasteiger partial charge >= 0.3 is 5.97 Å². The number of para-hydroxylation sites is 1. The number of hydrogen-bond acceptors (Lipinski definition) is 3. The Hall–Kier alpha value is -2.27. The third kappa shape index (κ3) is 3.64. The molecular weight excluding hydrogens is 286 g/mol. The molecule has 0 radical (unpaired) electrons. The van der Waals surface area contributed by atoms with Crippen molar-refractivity contribution in [2.24, 2.45) is 0 Å². The van der Waals surface area contributed by atoms with Crippen molar-refractivity contribution in [2.45, 2.75) is 11.8 Å². The second kappa shape index (κ2) is 6.95. The summed E-state index contributed by atoms with van der Waals surface area (Å²) in [4.78, 5) is 24.4. The number of benzene rings is 2. The lowest BCUT2D eigenvalue weighted by atomic mass is 10.1. The van der Waals surface area contributed by atoms with Gasteiger partial charge < -0.3 is 10.4 Å². The number of anilines is 1. The van der Waals surface area contributed by atoms with E-state index in [1.54, 1.807) is 42.1 Å². The van der Waals surface area contributed by atoms with Crippen molar-refractivity contribution in [1.29, 1.82) is 0 Å². The zero-order valence-corrected chi connectivity index (χ0v) is 12.3. The lowest BCUT2D eigenvalue weighted by Gasteiger charge is -2.11. The Labute approximate surface area is 127 Å². The van der Waals surface area contributed by atoms with Gasteiger partial charge in [-0.25, -0.2) is 4.79 Å². The van der Waals surface area contributed by atoms with E-state index < -0.39 is 5.97 Å². The lowest BCUT2D eigenvalue weighted by Crippen LogP contribution is -2.15. The van der Waals surface area contributed by atoms with Crippen LogP contribution in [0.15, 0.2) is 53.4 Å². The molecule has 0 saturated heterocycles. The smallest absolute Gasteiger partial charge is 0.337 e. The summed E-state index contributed by atoms with van der Waals surface area (Å²) in [5, 5.41) is 11.8. The fraction of sp³-hybridized carbons (Fsp3) is 0.125. The number of carbonyl (C=O) groups is 2. The first-order chi connectivity index (χ1) is 10.1. The van der Waals surface area contributed by atoms with E-state index >= 15 is 0 Å². The van der Waals surface area contributed by atoms with Gasteiger partial charge in [-0.1, -0.05) is 31.2 Å². The van der Waals surface area contributed by atoms with Crippen LogP contribution in [-0.2, 0) is 0 Å². The average molecular weight is 301 g/mol. The zero-order chi connectivity index (χ0) is 15.2. The lowest BCUT2D eigenvalue weighted by molar-refractivity contribution is 0.0698. The van der Waals surface area contributed by atoms with Gasteiger partial charge in [0.05, 0.1) is 16.8 Å². The maximum absolute atomic E-state index is 12.4. The van der Waals surface area contributed by atoms with Crippen molar-refractivity contribution in [1.82, 2.24) is 0 Å². The molecular formula is C16H15NO3S. The van der Waals surface area contributed by atoms with Gasteiger partial charge in [-0.05, 0) is 30.0 Å². The first-order valence-electron chi connectivity index (χ1n) is 6.49. The van der Waals surface area contributed by atoms with E-state index in [1.807, 2.05) is 19.1 Å². The van der Waals surface area contributed by atoms with Gasteiger partial charge in [-0.15, -0.1) is 11.8 Å². The highest BCUT2D eigenvalue weighted by Gasteiger charge is 2.15. The summed E-state index contributed by atoms with van der Waals surface area (Å²) >= 11 is 1.57. The van der Waals surface area contributed by atoms with Crippen molar-refractivity contribution >= 4 is 29.3 Å². The molecule has 0 unspecified atom stereocenters. The number of carboxylic acids is 1. The van der Waals surface area contributed by atoms with Gasteiger partial charge in [0.1, 0.15) is 0 Å². The average Bonchev–Trinajstić information content (AvgIpc) is 2.48. The summed E-state index contributed by atoms with van der Waals surface area (Å²) in [6, 6.07) is 13.6. The third-order valence-corrected chi connectivity index (χ3v) is 3.79. The fourth-order valence-corrected chi connectivity index (χ4v) is 2.71. The molecule has 0 aliphatic rings. The minimum atomic E-state index is -1.07. The van der Waals surface area contributed by atoms with E-state index in [0.29, 0.717) is 11.3 Å². The topological polar surface area (TPSA) is 66.4 Å². The predicted molar refractivity (Wildman–Crippen MR) is 84.2 cm³/mol. The molecule has 0 heterocycles. The quantitative estimate of drug-likeness (QED) is 0.825. The van der Waals surface area contributed by atoms with E-state index in [1.165, 1.54) is 6.07 Å². The summed E-state index contributed by atoms with van der Waals surface area (Å²) in [5.74, 6) is -0.516. The van der Waals surface area contributed by atoms with Crippen LogP contribution >= 0.6 is 11.8 Å². The molecule has 2 aromatic rings. The van der Waals surface area contributed by atoms with Crippen LogP contribution in [0.25, 0.3) is 0 Å². The van der Waals surface area contributed by atoms with E-state index in [0.717, 1.165) is 10.6 Å². The molecule has 0 fully saturated rings. The van der Waals surface area contributed by atoms with Gasteiger partial charge in [-0.2, -0.15) is 0 Å². The Morgan fingerprint density at radius 1 is 1.05 bits per heavy atom. The number of amides is 1. The molecule has 5 heteroatoms. The monoisotopic (exact) mass is 301 g/mol. The molecule has 0 aliphatic heterocycles. The van der Waals surface area contributed by atoms with Gasteiger partial charge in [0.2, 0.25) is 0 Å². The van der Waals surface area contributed by atoms with E-state index in [9.17, 15) is 9.59 Å². The van der Waals surface area contributed by atoms with E-state index in [-0.39, 0.29) is 11.5 Å². The first kappa shape index (κ1) is 15.1. The van der Waals surface area contributed by atoms with Crippen LogP contribution in [0, 0.1) is 0 Å². The summed E-state index contributed by atoms with van der Waals surface area (Å²) in [6.45, 7) is 2.01. The molecule has 4 nitrogen and oxygen atoms in total. The maximum Gasteiger partial charge on any atom is 0.337 e. The number of nitrogens with one attached hydrogen (secondary N) is 1. The Morgan fingerprint density at radius 2 is 1.67 bits per heavy atom. The molecule has 108 valence electrons. The van der Waals surface area contributed by atoms with Crippen molar-refractivity contribution in [3.63, 3.8) is 0 Å². The van der Waals surface area contributed by atoms with Crippen LogP contribution < -0.4 is 5.32 Å². The molecule has 0 saturated carbocycles. The number of thioether (sulfide) groups is 1. The maximum atomic E-state index is 12.4. The Kier molecular flexibility index (Phi) is 5.00. The molecule has 0 bridgehead atoms. The minimum absolute atomic E-state index is 0.0754. The zero-order valence-electron chi connectivity index (χ0n) is 11.5. The number of carbonyl (C=O) groups excluding carboxylic acids is 1. The van der Waals surface area contributed by atoms with Crippen LogP contribution in [0.5, 0.6) is 0 Å². The minimum Gasteiger partial charge on any atom is -0.478 e. The third-order valence-electron chi connectivity index (χ3n) is 2.84. The molecule has 2 rings (SSSR count). The highest BCUT2D eigenvalue weighted by Crippen LogP contribution is 2.24. The van der Waals surface area contributed by atoms with Gasteiger partial charge in [-0.3, -0.25) is 4.79 Å². The predicted octanol–water partition coefficient (Wildman–Crippen LogP) is 3.75. The van der Waals surface area contributed by atoms with Crippen molar-refractivity contribution in [3.8, 4) is 0 Å². The Bertz CT molecular complexity index is 670. The standard InChI is InChI=1S/C16H15NO3S/c1-2-21-14-10-6-4-8-12(14)15(18)17-13-9-5-3-7-11(13)16(19)20/h3-10H,2H2,1H3,(H,17,18)(H,19,20).